The number of anilines is 1. The first-order valence-electron chi connectivity index (χ1n) is 5.20. The highest BCUT2D eigenvalue weighted by Crippen LogP contribution is 2.20. The van der Waals surface area contributed by atoms with E-state index < -0.39 is 0 Å². The van der Waals surface area contributed by atoms with Gasteiger partial charge in [-0.05, 0) is 26.7 Å². The lowest BCUT2D eigenvalue weighted by Gasteiger charge is -2.11. The van der Waals surface area contributed by atoms with Gasteiger partial charge >= 0.3 is 0 Å². The summed E-state index contributed by atoms with van der Waals surface area (Å²) in [6.45, 7) is 3.89. The highest BCUT2D eigenvalue weighted by Gasteiger charge is 2.15. The largest absolute Gasteiger partial charge is 0.350 e. The van der Waals surface area contributed by atoms with Crippen molar-refractivity contribution >= 4 is 5.95 Å². The van der Waals surface area contributed by atoms with Crippen LogP contribution in [0.5, 0.6) is 0 Å². The zero-order chi connectivity index (χ0) is 9.97. The summed E-state index contributed by atoms with van der Waals surface area (Å²) in [4.78, 5) is 4.35. The van der Waals surface area contributed by atoms with Crippen molar-refractivity contribution in [2.75, 3.05) is 5.32 Å². The number of aryl methyl sites for hydroxylation is 2. The minimum absolute atomic E-state index is 0.555. The van der Waals surface area contributed by atoms with Crippen LogP contribution in [-0.2, 0) is 0 Å². The van der Waals surface area contributed by atoms with Crippen LogP contribution in [0, 0.1) is 13.8 Å². The Morgan fingerprint density at radius 1 is 1.07 bits per heavy atom. The van der Waals surface area contributed by atoms with Gasteiger partial charge in [0.25, 0.3) is 0 Å². The topological polar surface area (TPSA) is 50.7 Å². The summed E-state index contributed by atoms with van der Waals surface area (Å²) < 4.78 is 0. The van der Waals surface area contributed by atoms with Crippen molar-refractivity contribution in [2.24, 2.45) is 0 Å². The molecule has 0 radical (unpaired) electrons. The van der Waals surface area contributed by atoms with E-state index in [-0.39, 0.29) is 0 Å². The molecule has 1 saturated carbocycles. The van der Waals surface area contributed by atoms with E-state index in [1.54, 1.807) is 0 Å². The Kier molecular flexibility index (Phi) is 2.61. The van der Waals surface area contributed by atoms with Gasteiger partial charge in [-0.2, -0.15) is 5.10 Å². The summed E-state index contributed by atoms with van der Waals surface area (Å²) in [6, 6.07) is 0.555. The Labute approximate surface area is 84.2 Å². The molecule has 76 valence electrons. The average Bonchev–Trinajstić information content (AvgIpc) is 2.64. The molecule has 0 atom stereocenters. The molecule has 1 aromatic heterocycles. The molecule has 0 aliphatic heterocycles. The summed E-state index contributed by atoms with van der Waals surface area (Å²) >= 11 is 0. The monoisotopic (exact) mass is 192 g/mol. The summed E-state index contributed by atoms with van der Waals surface area (Å²) in [7, 11) is 0. The van der Waals surface area contributed by atoms with E-state index in [1.807, 2.05) is 13.8 Å². The Morgan fingerprint density at radius 2 is 1.79 bits per heavy atom. The van der Waals surface area contributed by atoms with E-state index in [9.17, 15) is 0 Å². The smallest absolute Gasteiger partial charge is 0.243 e. The predicted molar refractivity (Wildman–Crippen MR) is 55.2 cm³/mol. The van der Waals surface area contributed by atoms with E-state index in [2.05, 4.69) is 20.5 Å². The predicted octanol–water partition coefficient (Wildman–Crippen LogP) is 1.84. The van der Waals surface area contributed by atoms with Gasteiger partial charge in [0, 0.05) is 6.04 Å². The molecule has 0 amide bonds. The number of aromatic nitrogens is 3. The SMILES string of the molecule is Cc1nnc(NC2CCCC2)nc1C. The minimum Gasteiger partial charge on any atom is -0.350 e. The summed E-state index contributed by atoms with van der Waals surface area (Å²) in [5.74, 6) is 0.681. The van der Waals surface area contributed by atoms with Crippen LogP contribution in [0.3, 0.4) is 0 Å². The minimum atomic E-state index is 0.555. The number of nitrogens with one attached hydrogen (secondary N) is 1. The first kappa shape index (κ1) is 9.37. The molecular formula is C10H16N4. The summed E-state index contributed by atoms with van der Waals surface area (Å²) in [5.41, 5.74) is 1.86. The van der Waals surface area contributed by atoms with E-state index >= 15 is 0 Å². The molecule has 1 N–H and O–H groups in total. The molecule has 0 bridgehead atoms. The van der Waals surface area contributed by atoms with E-state index in [4.69, 9.17) is 0 Å². The maximum Gasteiger partial charge on any atom is 0.243 e. The molecule has 0 unspecified atom stereocenters. The molecule has 0 aromatic carbocycles. The van der Waals surface area contributed by atoms with E-state index in [0.29, 0.717) is 12.0 Å². The second-order valence-corrected chi connectivity index (χ2v) is 3.93. The second-order valence-electron chi connectivity index (χ2n) is 3.93. The van der Waals surface area contributed by atoms with Gasteiger partial charge < -0.3 is 5.32 Å². The van der Waals surface area contributed by atoms with Crippen molar-refractivity contribution in [3.63, 3.8) is 0 Å². The van der Waals surface area contributed by atoms with E-state index in [1.165, 1.54) is 25.7 Å². The maximum atomic E-state index is 4.35. The first-order valence-corrected chi connectivity index (χ1v) is 5.20. The Hall–Kier alpha value is -1.19. The third kappa shape index (κ3) is 2.00. The van der Waals surface area contributed by atoms with Crippen LogP contribution < -0.4 is 5.32 Å². The third-order valence-corrected chi connectivity index (χ3v) is 2.78. The van der Waals surface area contributed by atoms with Crippen LogP contribution in [0.1, 0.15) is 37.1 Å². The molecule has 1 aromatic rings. The number of rotatable bonds is 2. The van der Waals surface area contributed by atoms with Crippen LogP contribution in [0.4, 0.5) is 5.95 Å². The van der Waals surface area contributed by atoms with Crippen molar-refractivity contribution in [1.82, 2.24) is 15.2 Å². The van der Waals surface area contributed by atoms with Gasteiger partial charge in [0.1, 0.15) is 0 Å². The quantitative estimate of drug-likeness (QED) is 0.776. The summed E-state index contributed by atoms with van der Waals surface area (Å²) in [5, 5.41) is 11.4. The van der Waals surface area contributed by atoms with Crippen LogP contribution in [0.15, 0.2) is 0 Å². The molecule has 0 saturated heterocycles. The zero-order valence-corrected chi connectivity index (χ0v) is 8.75. The molecule has 1 aliphatic carbocycles. The lowest BCUT2D eigenvalue weighted by molar-refractivity contribution is 0.733. The fraction of sp³-hybridized carbons (Fsp3) is 0.700. The molecule has 14 heavy (non-hydrogen) atoms. The zero-order valence-electron chi connectivity index (χ0n) is 8.75. The maximum absolute atomic E-state index is 4.35. The Bertz CT molecular complexity index is 318. The van der Waals surface area contributed by atoms with Gasteiger partial charge in [-0.25, -0.2) is 4.98 Å². The number of hydrogen-bond acceptors (Lipinski definition) is 4. The molecule has 0 spiro atoms. The summed E-state index contributed by atoms with van der Waals surface area (Å²) in [6.07, 6.45) is 5.10. The van der Waals surface area contributed by atoms with Crippen molar-refractivity contribution in [3.05, 3.63) is 11.4 Å². The van der Waals surface area contributed by atoms with E-state index in [0.717, 1.165) is 11.4 Å². The lowest BCUT2D eigenvalue weighted by Crippen LogP contribution is -2.17. The molecule has 1 heterocycles. The average molecular weight is 192 g/mol. The number of hydrogen-bond donors (Lipinski definition) is 1. The van der Waals surface area contributed by atoms with Crippen molar-refractivity contribution in [1.29, 1.82) is 0 Å². The first-order chi connectivity index (χ1) is 6.75. The molecule has 1 fully saturated rings. The van der Waals surface area contributed by atoms with Crippen molar-refractivity contribution in [3.8, 4) is 0 Å². The van der Waals surface area contributed by atoms with Crippen LogP contribution in [0.25, 0.3) is 0 Å². The fourth-order valence-electron chi connectivity index (χ4n) is 1.77. The number of nitrogens with zero attached hydrogens (tertiary/aromatic N) is 3. The Morgan fingerprint density at radius 3 is 2.43 bits per heavy atom. The molecule has 1 aliphatic rings. The second kappa shape index (κ2) is 3.90. The molecule has 2 rings (SSSR count). The highest BCUT2D eigenvalue weighted by molar-refractivity contribution is 5.26. The van der Waals surface area contributed by atoms with Gasteiger partial charge in [-0.3, -0.25) is 0 Å². The van der Waals surface area contributed by atoms with Gasteiger partial charge in [-0.1, -0.05) is 12.8 Å². The van der Waals surface area contributed by atoms with Crippen molar-refractivity contribution in [2.45, 2.75) is 45.6 Å². The van der Waals surface area contributed by atoms with Crippen LogP contribution in [-0.4, -0.2) is 21.2 Å². The van der Waals surface area contributed by atoms with Gasteiger partial charge in [0.2, 0.25) is 5.95 Å². The van der Waals surface area contributed by atoms with Gasteiger partial charge in [0.15, 0.2) is 0 Å². The van der Waals surface area contributed by atoms with Gasteiger partial charge in [0.05, 0.1) is 11.4 Å². The van der Waals surface area contributed by atoms with Crippen LogP contribution >= 0.6 is 0 Å². The third-order valence-electron chi connectivity index (χ3n) is 2.78. The van der Waals surface area contributed by atoms with Crippen molar-refractivity contribution < 1.29 is 0 Å². The molecule has 4 heteroatoms. The highest BCUT2D eigenvalue weighted by atomic mass is 15.2. The molecule has 4 nitrogen and oxygen atoms in total. The van der Waals surface area contributed by atoms with Crippen LogP contribution in [0.2, 0.25) is 0 Å². The Balaban J connectivity index is 2.05. The lowest BCUT2D eigenvalue weighted by atomic mass is 10.2. The van der Waals surface area contributed by atoms with Gasteiger partial charge in [-0.15, -0.1) is 5.10 Å². The normalized spacial score (nSPS) is 17.3. The standard InChI is InChI=1S/C10H16N4/c1-7-8(2)13-14-10(11-7)12-9-5-3-4-6-9/h9H,3-6H2,1-2H3,(H,11,12,14). The fourth-order valence-corrected chi connectivity index (χ4v) is 1.77. The molecular weight excluding hydrogens is 176 g/mol.